The van der Waals surface area contributed by atoms with E-state index in [0.29, 0.717) is 11.4 Å². The first kappa shape index (κ1) is 16.8. The van der Waals surface area contributed by atoms with Gasteiger partial charge in [0.25, 0.3) is 11.6 Å². The SMILES string of the molecule is Cc1ccc(C(=O)Nc2cc(N3CCCCC3)ncn2)cc1[N+](=O)[O-]. The Kier molecular flexibility index (Phi) is 4.87. The monoisotopic (exact) mass is 341 g/mol. The van der Waals surface area contributed by atoms with E-state index < -0.39 is 10.8 Å². The molecule has 0 bridgehead atoms. The molecule has 8 heteroatoms. The summed E-state index contributed by atoms with van der Waals surface area (Å²) >= 11 is 0. The van der Waals surface area contributed by atoms with Crippen molar-refractivity contribution < 1.29 is 9.72 Å². The van der Waals surface area contributed by atoms with Gasteiger partial charge >= 0.3 is 0 Å². The number of carbonyl (C=O) groups excluding carboxylic acids is 1. The van der Waals surface area contributed by atoms with E-state index in [4.69, 9.17) is 0 Å². The van der Waals surface area contributed by atoms with Gasteiger partial charge in [0.1, 0.15) is 18.0 Å². The summed E-state index contributed by atoms with van der Waals surface area (Å²) < 4.78 is 0. The number of carbonyl (C=O) groups is 1. The number of hydrogen-bond acceptors (Lipinski definition) is 6. The second-order valence-electron chi connectivity index (χ2n) is 6.02. The number of aromatic nitrogens is 2. The van der Waals surface area contributed by atoms with Crippen LogP contribution in [-0.2, 0) is 0 Å². The van der Waals surface area contributed by atoms with Gasteiger partial charge in [-0.2, -0.15) is 0 Å². The van der Waals surface area contributed by atoms with Gasteiger partial charge < -0.3 is 10.2 Å². The lowest BCUT2D eigenvalue weighted by Crippen LogP contribution is -2.30. The van der Waals surface area contributed by atoms with Gasteiger partial charge in [-0.3, -0.25) is 14.9 Å². The number of nitrogens with one attached hydrogen (secondary N) is 1. The van der Waals surface area contributed by atoms with Gasteiger partial charge in [0.05, 0.1) is 4.92 Å². The number of aryl methyl sites for hydroxylation is 1. The van der Waals surface area contributed by atoms with Crippen LogP contribution in [0.15, 0.2) is 30.6 Å². The first-order valence-corrected chi connectivity index (χ1v) is 8.18. The molecule has 1 aliphatic heterocycles. The summed E-state index contributed by atoms with van der Waals surface area (Å²) in [6.45, 7) is 3.51. The van der Waals surface area contributed by atoms with Crippen LogP contribution < -0.4 is 10.2 Å². The highest BCUT2D eigenvalue weighted by molar-refractivity contribution is 6.04. The van der Waals surface area contributed by atoms with E-state index >= 15 is 0 Å². The van der Waals surface area contributed by atoms with Crippen molar-refractivity contribution in [1.82, 2.24) is 9.97 Å². The normalized spacial score (nSPS) is 14.2. The number of anilines is 2. The molecule has 0 spiro atoms. The highest BCUT2D eigenvalue weighted by atomic mass is 16.6. The fraction of sp³-hybridized carbons (Fsp3) is 0.353. The van der Waals surface area contributed by atoms with E-state index in [1.807, 2.05) is 0 Å². The minimum Gasteiger partial charge on any atom is -0.356 e. The van der Waals surface area contributed by atoms with Crippen molar-refractivity contribution in [2.24, 2.45) is 0 Å². The minimum absolute atomic E-state index is 0.0793. The molecule has 1 fully saturated rings. The molecule has 0 unspecified atom stereocenters. The van der Waals surface area contributed by atoms with Crippen LogP contribution in [0.3, 0.4) is 0 Å². The molecule has 1 N–H and O–H groups in total. The average molecular weight is 341 g/mol. The minimum atomic E-state index is -0.495. The zero-order valence-electron chi connectivity index (χ0n) is 13.9. The van der Waals surface area contributed by atoms with Crippen molar-refractivity contribution in [3.05, 3.63) is 51.8 Å². The Bertz CT molecular complexity index is 803. The van der Waals surface area contributed by atoms with E-state index in [1.54, 1.807) is 25.1 Å². The second kappa shape index (κ2) is 7.25. The molecule has 2 heterocycles. The lowest BCUT2D eigenvalue weighted by Gasteiger charge is -2.27. The number of amides is 1. The van der Waals surface area contributed by atoms with E-state index in [9.17, 15) is 14.9 Å². The lowest BCUT2D eigenvalue weighted by atomic mass is 10.1. The highest BCUT2D eigenvalue weighted by Gasteiger charge is 2.17. The van der Waals surface area contributed by atoms with Gasteiger partial charge in [-0.15, -0.1) is 0 Å². The van der Waals surface area contributed by atoms with Crippen LogP contribution in [0, 0.1) is 17.0 Å². The standard InChI is InChI=1S/C17H19N5O3/c1-12-5-6-13(9-14(12)22(24)25)17(23)20-15-10-16(19-11-18-15)21-7-3-2-4-8-21/h5-6,9-11H,2-4,7-8H2,1H3,(H,18,19,20,23). The third-order valence-electron chi connectivity index (χ3n) is 4.24. The molecule has 1 saturated heterocycles. The van der Waals surface area contributed by atoms with Crippen LogP contribution in [0.2, 0.25) is 0 Å². The van der Waals surface area contributed by atoms with Crippen molar-refractivity contribution in [1.29, 1.82) is 0 Å². The molecule has 1 aromatic heterocycles. The van der Waals surface area contributed by atoms with E-state index in [1.165, 1.54) is 18.8 Å². The highest BCUT2D eigenvalue weighted by Crippen LogP contribution is 2.21. The molecule has 0 aliphatic carbocycles. The first-order valence-electron chi connectivity index (χ1n) is 8.18. The zero-order valence-corrected chi connectivity index (χ0v) is 13.9. The summed E-state index contributed by atoms with van der Waals surface area (Å²) in [5, 5.41) is 13.7. The van der Waals surface area contributed by atoms with Crippen LogP contribution in [-0.4, -0.2) is 33.9 Å². The number of benzene rings is 1. The Morgan fingerprint density at radius 1 is 1.20 bits per heavy atom. The Hall–Kier alpha value is -3.03. The maximum Gasteiger partial charge on any atom is 0.273 e. The molecule has 1 aliphatic rings. The molecule has 130 valence electrons. The van der Waals surface area contributed by atoms with Gasteiger partial charge in [0.2, 0.25) is 0 Å². The maximum absolute atomic E-state index is 12.4. The van der Waals surface area contributed by atoms with E-state index in [2.05, 4.69) is 20.2 Å². The third kappa shape index (κ3) is 3.90. The summed E-state index contributed by atoms with van der Waals surface area (Å²) in [6, 6.07) is 6.12. The quantitative estimate of drug-likeness (QED) is 0.678. The van der Waals surface area contributed by atoms with Crippen LogP contribution in [0.1, 0.15) is 35.2 Å². The van der Waals surface area contributed by atoms with Gasteiger partial charge in [-0.05, 0) is 32.3 Å². The van der Waals surface area contributed by atoms with Crippen molar-refractivity contribution >= 4 is 23.2 Å². The van der Waals surface area contributed by atoms with Crippen molar-refractivity contribution in [3.8, 4) is 0 Å². The molecule has 8 nitrogen and oxygen atoms in total. The molecule has 3 rings (SSSR count). The average Bonchev–Trinajstić information content (AvgIpc) is 2.62. The Morgan fingerprint density at radius 2 is 1.96 bits per heavy atom. The van der Waals surface area contributed by atoms with Crippen LogP contribution >= 0.6 is 0 Å². The van der Waals surface area contributed by atoms with Crippen molar-refractivity contribution in [2.75, 3.05) is 23.3 Å². The topological polar surface area (TPSA) is 101 Å². The zero-order chi connectivity index (χ0) is 17.8. The molecule has 1 amide bonds. The summed E-state index contributed by atoms with van der Waals surface area (Å²) in [6.07, 6.45) is 4.88. The molecule has 1 aromatic carbocycles. The molecule has 0 atom stereocenters. The summed E-state index contributed by atoms with van der Waals surface area (Å²) in [5.41, 5.74) is 0.649. The molecule has 0 radical (unpaired) electrons. The molecular formula is C17H19N5O3. The summed E-state index contributed by atoms with van der Waals surface area (Å²) in [4.78, 5) is 33.4. The number of hydrogen-bond donors (Lipinski definition) is 1. The number of nitro groups is 1. The second-order valence-corrected chi connectivity index (χ2v) is 6.02. The molecule has 2 aromatic rings. The molecular weight excluding hydrogens is 322 g/mol. The molecule has 0 saturated carbocycles. The number of nitro benzene ring substituents is 1. The van der Waals surface area contributed by atoms with Gasteiger partial charge in [-0.25, -0.2) is 9.97 Å². The number of nitrogens with zero attached hydrogens (tertiary/aromatic N) is 4. The van der Waals surface area contributed by atoms with Crippen LogP contribution in [0.5, 0.6) is 0 Å². The van der Waals surface area contributed by atoms with Gasteiger partial charge in [0.15, 0.2) is 0 Å². The predicted octanol–water partition coefficient (Wildman–Crippen LogP) is 2.94. The largest absolute Gasteiger partial charge is 0.356 e. The Morgan fingerprint density at radius 3 is 2.68 bits per heavy atom. The van der Waals surface area contributed by atoms with Crippen molar-refractivity contribution in [3.63, 3.8) is 0 Å². The fourth-order valence-corrected chi connectivity index (χ4v) is 2.85. The summed E-state index contributed by atoms with van der Waals surface area (Å²) in [5.74, 6) is 0.718. The lowest BCUT2D eigenvalue weighted by molar-refractivity contribution is -0.385. The fourth-order valence-electron chi connectivity index (χ4n) is 2.85. The van der Waals surface area contributed by atoms with Crippen molar-refractivity contribution in [2.45, 2.75) is 26.2 Å². The molecule has 25 heavy (non-hydrogen) atoms. The third-order valence-corrected chi connectivity index (χ3v) is 4.24. The van der Waals surface area contributed by atoms with Gasteiger partial charge in [-0.1, -0.05) is 6.07 Å². The van der Waals surface area contributed by atoms with Crippen LogP contribution in [0.25, 0.3) is 0 Å². The van der Waals surface area contributed by atoms with Crippen LogP contribution in [0.4, 0.5) is 17.3 Å². The summed E-state index contributed by atoms with van der Waals surface area (Å²) in [7, 11) is 0. The smallest absolute Gasteiger partial charge is 0.273 e. The maximum atomic E-state index is 12.4. The van der Waals surface area contributed by atoms with Gasteiger partial charge in [0, 0.05) is 36.3 Å². The Balaban J connectivity index is 1.77. The predicted molar refractivity (Wildman–Crippen MR) is 93.9 cm³/mol. The Labute approximate surface area is 145 Å². The van der Waals surface area contributed by atoms with E-state index in [0.717, 1.165) is 31.7 Å². The van der Waals surface area contributed by atoms with E-state index in [-0.39, 0.29) is 11.3 Å². The number of rotatable bonds is 4. The first-order chi connectivity index (χ1) is 12.0. The number of piperidine rings is 1.